The Labute approximate surface area is 83.0 Å². The Morgan fingerprint density at radius 2 is 2.43 bits per heavy atom. The van der Waals surface area contributed by atoms with Gasteiger partial charge in [-0.2, -0.15) is 0 Å². The molecule has 1 rings (SSSR count). The molecule has 0 unspecified atom stereocenters. The summed E-state index contributed by atoms with van der Waals surface area (Å²) in [7, 11) is 0. The number of hydrogen-bond acceptors (Lipinski definition) is 3. The van der Waals surface area contributed by atoms with Gasteiger partial charge in [-0.25, -0.2) is 9.78 Å². The van der Waals surface area contributed by atoms with Crippen molar-refractivity contribution in [2.75, 3.05) is 0 Å². The van der Waals surface area contributed by atoms with Crippen LogP contribution in [0.25, 0.3) is 0 Å². The molecule has 78 valence electrons. The van der Waals surface area contributed by atoms with Gasteiger partial charge < -0.3 is 9.52 Å². The number of carboxylic acids is 1. The van der Waals surface area contributed by atoms with Crippen LogP contribution >= 0.6 is 0 Å². The minimum Gasteiger partial charge on any atom is -0.476 e. The van der Waals surface area contributed by atoms with E-state index in [4.69, 9.17) is 9.52 Å². The molecule has 1 aromatic rings. The summed E-state index contributed by atoms with van der Waals surface area (Å²) in [6.07, 6.45) is 4.40. The fourth-order valence-corrected chi connectivity index (χ4v) is 1.25. The molecule has 1 aromatic heterocycles. The van der Waals surface area contributed by atoms with Crippen molar-refractivity contribution in [3.8, 4) is 0 Å². The van der Waals surface area contributed by atoms with Crippen LogP contribution in [-0.4, -0.2) is 16.1 Å². The van der Waals surface area contributed by atoms with Crippen LogP contribution < -0.4 is 0 Å². The van der Waals surface area contributed by atoms with E-state index < -0.39 is 5.97 Å². The van der Waals surface area contributed by atoms with Crippen LogP contribution in [-0.2, 0) is 0 Å². The lowest BCUT2D eigenvalue weighted by molar-refractivity contribution is 0.0690. The van der Waals surface area contributed by atoms with Crippen molar-refractivity contribution >= 4 is 5.97 Å². The van der Waals surface area contributed by atoms with Gasteiger partial charge in [-0.15, -0.1) is 0 Å². The molecule has 1 heterocycles. The summed E-state index contributed by atoms with van der Waals surface area (Å²) >= 11 is 0. The first-order valence-electron chi connectivity index (χ1n) is 4.83. The monoisotopic (exact) mass is 197 g/mol. The number of carbonyl (C=O) groups is 1. The maximum Gasteiger partial charge on any atom is 0.357 e. The molecule has 0 bridgehead atoms. The number of aromatic carboxylic acids is 1. The van der Waals surface area contributed by atoms with Crippen LogP contribution in [0.4, 0.5) is 0 Å². The maximum absolute atomic E-state index is 10.5. The van der Waals surface area contributed by atoms with E-state index in [1.807, 2.05) is 6.92 Å². The highest BCUT2D eigenvalue weighted by Gasteiger charge is 2.15. The van der Waals surface area contributed by atoms with E-state index >= 15 is 0 Å². The molecule has 1 N–H and O–H groups in total. The van der Waals surface area contributed by atoms with Crippen LogP contribution in [0.2, 0.25) is 0 Å². The third kappa shape index (κ3) is 2.58. The zero-order valence-electron chi connectivity index (χ0n) is 8.49. The Bertz CT molecular complexity index is 306. The van der Waals surface area contributed by atoms with Crippen molar-refractivity contribution in [1.29, 1.82) is 0 Å². The normalized spacial score (nSPS) is 12.7. The van der Waals surface area contributed by atoms with Crippen LogP contribution in [0.15, 0.2) is 10.7 Å². The fourth-order valence-electron chi connectivity index (χ4n) is 1.25. The quantitative estimate of drug-likeness (QED) is 0.788. The number of oxazole rings is 1. The van der Waals surface area contributed by atoms with Gasteiger partial charge in [0.15, 0.2) is 11.6 Å². The van der Waals surface area contributed by atoms with Crippen molar-refractivity contribution in [2.24, 2.45) is 0 Å². The smallest absolute Gasteiger partial charge is 0.357 e. The van der Waals surface area contributed by atoms with Gasteiger partial charge in [0.05, 0.1) is 0 Å². The standard InChI is InChI=1S/C10H15NO3/c1-3-4-5-7(2)9-11-8(6-14-9)10(12)13/h6-7H,3-5H2,1-2H3,(H,12,13)/t7-/m1/s1. The number of rotatable bonds is 5. The highest BCUT2D eigenvalue weighted by molar-refractivity contribution is 5.84. The molecule has 14 heavy (non-hydrogen) atoms. The molecular weight excluding hydrogens is 182 g/mol. The average Bonchev–Trinajstić information content (AvgIpc) is 2.62. The third-order valence-corrected chi connectivity index (χ3v) is 2.15. The van der Waals surface area contributed by atoms with E-state index in [9.17, 15) is 4.79 Å². The second kappa shape index (κ2) is 4.79. The lowest BCUT2D eigenvalue weighted by atomic mass is 10.0. The first-order valence-corrected chi connectivity index (χ1v) is 4.83. The predicted molar refractivity (Wildman–Crippen MR) is 51.4 cm³/mol. The van der Waals surface area contributed by atoms with Gasteiger partial charge in [-0.1, -0.05) is 26.7 Å². The summed E-state index contributed by atoms with van der Waals surface area (Å²) in [6.45, 7) is 4.11. The number of carboxylic acid groups (broad SMARTS) is 1. The van der Waals surface area contributed by atoms with Crippen LogP contribution in [0, 0.1) is 0 Å². The van der Waals surface area contributed by atoms with Gasteiger partial charge >= 0.3 is 5.97 Å². The molecule has 0 aromatic carbocycles. The lowest BCUT2D eigenvalue weighted by Gasteiger charge is -2.04. The molecule has 4 heteroatoms. The Morgan fingerprint density at radius 3 is 2.93 bits per heavy atom. The Morgan fingerprint density at radius 1 is 1.71 bits per heavy atom. The maximum atomic E-state index is 10.5. The van der Waals surface area contributed by atoms with Gasteiger partial charge in [0.1, 0.15) is 6.26 Å². The fraction of sp³-hybridized carbons (Fsp3) is 0.600. The summed E-state index contributed by atoms with van der Waals surface area (Å²) in [5.41, 5.74) is -0.0108. The topological polar surface area (TPSA) is 63.3 Å². The highest BCUT2D eigenvalue weighted by Crippen LogP contribution is 2.20. The number of unbranched alkanes of at least 4 members (excludes halogenated alkanes) is 1. The molecule has 0 spiro atoms. The van der Waals surface area contributed by atoms with Gasteiger partial charge in [0.25, 0.3) is 0 Å². The Balaban J connectivity index is 2.61. The molecule has 0 amide bonds. The Hall–Kier alpha value is -1.32. The second-order valence-corrected chi connectivity index (χ2v) is 3.42. The molecule has 1 atom stereocenters. The molecule has 0 saturated carbocycles. The summed E-state index contributed by atoms with van der Waals surface area (Å²) in [5, 5.41) is 8.63. The molecule has 0 aliphatic heterocycles. The summed E-state index contributed by atoms with van der Waals surface area (Å²) in [6, 6.07) is 0. The summed E-state index contributed by atoms with van der Waals surface area (Å²) in [4.78, 5) is 14.4. The molecule has 0 saturated heterocycles. The predicted octanol–water partition coefficient (Wildman–Crippen LogP) is 2.67. The molecule has 0 fully saturated rings. The zero-order chi connectivity index (χ0) is 10.6. The van der Waals surface area contributed by atoms with Gasteiger partial charge in [0, 0.05) is 5.92 Å². The van der Waals surface area contributed by atoms with Gasteiger partial charge in [-0.05, 0) is 6.42 Å². The lowest BCUT2D eigenvalue weighted by Crippen LogP contribution is -1.98. The van der Waals surface area contributed by atoms with E-state index in [1.165, 1.54) is 6.26 Å². The van der Waals surface area contributed by atoms with Crippen molar-refractivity contribution < 1.29 is 14.3 Å². The van der Waals surface area contributed by atoms with E-state index in [-0.39, 0.29) is 11.6 Å². The summed E-state index contributed by atoms with van der Waals surface area (Å²) < 4.78 is 5.09. The number of nitrogens with zero attached hydrogens (tertiary/aromatic N) is 1. The highest BCUT2D eigenvalue weighted by atomic mass is 16.4. The number of aromatic nitrogens is 1. The largest absolute Gasteiger partial charge is 0.476 e. The van der Waals surface area contributed by atoms with Crippen LogP contribution in [0.1, 0.15) is 55.4 Å². The molecule has 0 aliphatic carbocycles. The van der Waals surface area contributed by atoms with Crippen molar-refractivity contribution in [2.45, 2.75) is 39.0 Å². The minimum atomic E-state index is -1.04. The van der Waals surface area contributed by atoms with Gasteiger partial charge in [-0.3, -0.25) is 0 Å². The number of hydrogen-bond donors (Lipinski definition) is 1. The van der Waals surface area contributed by atoms with Crippen LogP contribution in [0.3, 0.4) is 0 Å². The van der Waals surface area contributed by atoms with E-state index in [1.54, 1.807) is 0 Å². The van der Waals surface area contributed by atoms with Crippen molar-refractivity contribution in [1.82, 2.24) is 4.98 Å². The van der Waals surface area contributed by atoms with E-state index in [0.717, 1.165) is 19.3 Å². The van der Waals surface area contributed by atoms with E-state index in [0.29, 0.717) is 5.89 Å². The van der Waals surface area contributed by atoms with E-state index in [2.05, 4.69) is 11.9 Å². The average molecular weight is 197 g/mol. The molecular formula is C10H15NO3. The second-order valence-electron chi connectivity index (χ2n) is 3.42. The molecule has 4 nitrogen and oxygen atoms in total. The molecule has 0 radical (unpaired) electrons. The first kappa shape index (κ1) is 10.8. The van der Waals surface area contributed by atoms with Crippen LogP contribution in [0.5, 0.6) is 0 Å². The zero-order valence-corrected chi connectivity index (χ0v) is 8.49. The minimum absolute atomic E-state index is 0.0108. The molecule has 0 aliphatic rings. The SMILES string of the molecule is CCCC[C@@H](C)c1nc(C(=O)O)co1. The summed E-state index contributed by atoms with van der Waals surface area (Å²) in [5.74, 6) is -0.318. The van der Waals surface area contributed by atoms with Crippen molar-refractivity contribution in [3.63, 3.8) is 0 Å². The Kier molecular flexibility index (Phi) is 3.68. The third-order valence-electron chi connectivity index (χ3n) is 2.15. The van der Waals surface area contributed by atoms with Gasteiger partial charge in [0.2, 0.25) is 0 Å². The first-order chi connectivity index (χ1) is 6.65. The van der Waals surface area contributed by atoms with Crippen molar-refractivity contribution in [3.05, 3.63) is 17.8 Å².